The largest absolute Gasteiger partial charge is 0.324 e. The van der Waals surface area contributed by atoms with Crippen molar-refractivity contribution >= 4 is 24.0 Å². The highest BCUT2D eigenvalue weighted by molar-refractivity contribution is 6.30. The Morgan fingerprint density at radius 3 is 2.31 bits per heavy atom. The molecular formula is C9H9Cl2F4N. The molecule has 0 radical (unpaired) electrons. The van der Waals surface area contributed by atoms with E-state index < -0.39 is 36.1 Å². The molecule has 1 aromatic carbocycles. The van der Waals surface area contributed by atoms with Crippen molar-refractivity contribution in [3.63, 3.8) is 0 Å². The molecule has 1 aromatic rings. The smallest absolute Gasteiger partial charge is 0.240 e. The molecule has 0 unspecified atom stereocenters. The van der Waals surface area contributed by atoms with Gasteiger partial charge in [-0.1, -0.05) is 11.6 Å². The van der Waals surface area contributed by atoms with Crippen LogP contribution in [0.1, 0.15) is 18.0 Å². The fourth-order valence-corrected chi connectivity index (χ4v) is 1.36. The topological polar surface area (TPSA) is 26.0 Å². The zero-order chi connectivity index (χ0) is 11.6. The summed E-state index contributed by atoms with van der Waals surface area (Å²) in [6.45, 7) is 0. The molecule has 1 rings (SSSR count). The normalized spacial score (nSPS) is 12.4. The zero-order valence-electron chi connectivity index (χ0n) is 7.89. The van der Waals surface area contributed by atoms with Crippen LogP contribution in [0.15, 0.2) is 12.1 Å². The van der Waals surface area contributed by atoms with Crippen molar-refractivity contribution in [3.05, 3.63) is 34.4 Å². The molecule has 0 saturated carbocycles. The van der Waals surface area contributed by atoms with Crippen LogP contribution in [-0.4, -0.2) is 6.43 Å². The molecule has 2 N–H and O–H groups in total. The highest BCUT2D eigenvalue weighted by atomic mass is 35.5. The molecule has 0 spiro atoms. The lowest BCUT2D eigenvalue weighted by Crippen LogP contribution is -2.17. The van der Waals surface area contributed by atoms with Crippen LogP contribution < -0.4 is 5.73 Å². The van der Waals surface area contributed by atoms with Gasteiger partial charge in [0, 0.05) is 18.0 Å². The van der Waals surface area contributed by atoms with Crippen LogP contribution in [0.4, 0.5) is 17.6 Å². The Balaban J connectivity index is 0.00000225. The molecule has 0 aromatic heterocycles. The van der Waals surface area contributed by atoms with Gasteiger partial charge in [-0.3, -0.25) is 0 Å². The van der Waals surface area contributed by atoms with Gasteiger partial charge in [0.05, 0.1) is 5.02 Å². The maximum absolute atomic E-state index is 13.3. The third kappa shape index (κ3) is 3.50. The van der Waals surface area contributed by atoms with Gasteiger partial charge >= 0.3 is 0 Å². The fourth-order valence-electron chi connectivity index (χ4n) is 1.19. The van der Waals surface area contributed by atoms with E-state index in [1.165, 1.54) is 0 Å². The second-order valence-electron chi connectivity index (χ2n) is 2.99. The number of hydrogen-bond acceptors (Lipinski definition) is 1. The van der Waals surface area contributed by atoms with Crippen molar-refractivity contribution in [3.8, 4) is 0 Å². The van der Waals surface area contributed by atoms with Gasteiger partial charge in [0.1, 0.15) is 11.6 Å². The van der Waals surface area contributed by atoms with E-state index in [2.05, 4.69) is 0 Å². The quantitative estimate of drug-likeness (QED) is 0.662. The number of hydrogen-bond donors (Lipinski definition) is 1. The molecule has 1 atom stereocenters. The van der Waals surface area contributed by atoms with E-state index >= 15 is 0 Å². The minimum atomic E-state index is -2.72. The summed E-state index contributed by atoms with van der Waals surface area (Å²) in [5, 5.41) is -0.337. The molecule has 7 heteroatoms. The third-order valence-corrected chi connectivity index (χ3v) is 2.17. The van der Waals surface area contributed by atoms with E-state index in [0.717, 1.165) is 12.1 Å². The average Bonchev–Trinajstić information content (AvgIpc) is 2.11. The predicted molar refractivity (Wildman–Crippen MR) is 56.2 cm³/mol. The molecule has 0 amide bonds. The summed E-state index contributed by atoms with van der Waals surface area (Å²) in [5.74, 6) is -2.05. The number of nitrogens with two attached hydrogens (primary N) is 1. The summed E-state index contributed by atoms with van der Waals surface area (Å²) < 4.78 is 50.3. The average molecular weight is 278 g/mol. The lowest BCUT2D eigenvalue weighted by Gasteiger charge is -2.13. The van der Waals surface area contributed by atoms with E-state index in [0.29, 0.717) is 0 Å². The first kappa shape index (κ1) is 15.5. The SMILES string of the molecule is Cl.N[C@@H](CC(F)F)c1c(F)ccc(Cl)c1F. The maximum atomic E-state index is 13.3. The van der Waals surface area contributed by atoms with Gasteiger partial charge < -0.3 is 5.73 Å². The van der Waals surface area contributed by atoms with Crippen molar-refractivity contribution in [1.82, 2.24) is 0 Å². The molecule has 1 nitrogen and oxygen atoms in total. The summed E-state index contributed by atoms with van der Waals surface area (Å²) >= 11 is 5.38. The first-order valence-electron chi connectivity index (χ1n) is 4.10. The number of rotatable bonds is 3. The van der Waals surface area contributed by atoms with Crippen LogP contribution >= 0.6 is 24.0 Å². The van der Waals surface area contributed by atoms with E-state index in [4.69, 9.17) is 17.3 Å². The molecule has 0 saturated heterocycles. The van der Waals surface area contributed by atoms with Gasteiger partial charge in [0.25, 0.3) is 0 Å². The number of halogens is 6. The maximum Gasteiger partial charge on any atom is 0.240 e. The molecule has 16 heavy (non-hydrogen) atoms. The zero-order valence-corrected chi connectivity index (χ0v) is 9.46. The first-order chi connectivity index (χ1) is 6.93. The predicted octanol–water partition coefficient (Wildman–Crippen LogP) is 3.70. The Labute approximate surface area is 101 Å². The molecule has 92 valence electrons. The Morgan fingerprint density at radius 1 is 1.25 bits per heavy atom. The molecule has 0 heterocycles. The minimum Gasteiger partial charge on any atom is -0.324 e. The molecular weight excluding hydrogens is 269 g/mol. The van der Waals surface area contributed by atoms with Crippen LogP contribution in [-0.2, 0) is 0 Å². The van der Waals surface area contributed by atoms with E-state index in [1.54, 1.807) is 0 Å². The highest BCUT2D eigenvalue weighted by Crippen LogP contribution is 2.28. The Hall–Kier alpha value is -0.520. The fraction of sp³-hybridized carbons (Fsp3) is 0.333. The van der Waals surface area contributed by atoms with Gasteiger partial charge in [0.15, 0.2) is 0 Å². The van der Waals surface area contributed by atoms with Crippen LogP contribution in [0.3, 0.4) is 0 Å². The van der Waals surface area contributed by atoms with E-state index in [-0.39, 0.29) is 17.4 Å². The van der Waals surface area contributed by atoms with Crippen molar-refractivity contribution in [1.29, 1.82) is 0 Å². The summed E-state index contributed by atoms with van der Waals surface area (Å²) in [6.07, 6.45) is -3.54. The summed E-state index contributed by atoms with van der Waals surface area (Å²) in [7, 11) is 0. The summed E-state index contributed by atoms with van der Waals surface area (Å²) in [4.78, 5) is 0. The van der Waals surface area contributed by atoms with E-state index in [9.17, 15) is 17.6 Å². The second kappa shape index (κ2) is 6.27. The van der Waals surface area contributed by atoms with Gasteiger partial charge in [-0.15, -0.1) is 12.4 Å². The summed E-state index contributed by atoms with van der Waals surface area (Å²) in [6, 6.07) is 0.500. The minimum absolute atomic E-state index is 0. The van der Waals surface area contributed by atoms with Crippen LogP contribution in [0.2, 0.25) is 5.02 Å². The Bertz CT molecular complexity index is 360. The number of alkyl halides is 2. The Kier molecular flexibility index (Phi) is 6.07. The number of benzene rings is 1. The molecule has 0 aliphatic carbocycles. The van der Waals surface area contributed by atoms with Gasteiger partial charge in [0.2, 0.25) is 6.43 Å². The summed E-state index contributed by atoms with van der Waals surface area (Å²) in [5.41, 5.74) is 4.65. The van der Waals surface area contributed by atoms with Crippen LogP contribution in [0.25, 0.3) is 0 Å². The van der Waals surface area contributed by atoms with Gasteiger partial charge in [-0.25, -0.2) is 17.6 Å². The molecule has 0 fully saturated rings. The van der Waals surface area contributed by atoms with E-state index in [1.807, 2.05) is 0 Å². The second-order valence-corrected chi connectivity index (χ2v) is 3.40. The third-order valence-electron chi connectivity index (χ3n) is 1.88. The first-order valence-corrected chi connectivity index (χ1v) is 4.48. The van der Waals surface area contributed by atoms with Crippen LogP contribution in [0.5, 0.6) is 0 Å². The molecule has 0 aliphatic heterocycles. The Morgan fingerprint density at radius 2 is 1.81 bits per heavy atom. The highest BCUT2D eigenvalue weighted by Gasteiger charge is 2.21. The van der Waals surface area contributed by atoms with Crippen molar-refractivity contribution in [2.45, 2.75) is 18.9 Å². The monoisotopic (exact) mass is 277 g/mol. The van der Waals surface area contributed by atoms with Crippen LogP contribution in [0, 0.1) is 11.6 Å². The lowest BCUT2D eigenvalue weighted by molar-refractivity contribution is 0.127. The van der Waals surface area contributed by atoms with Crippen molar-refractivity contribution in [2.24, 2.45) is 5.73 Å². The van der Waals surface area contributed by atoms with Gasteiger partial charge in [-0.2, -0.15) is 0 Å². The molecule has 0 aliphatic rings. The van der Waals surface area contributed by atoms with Crippen molar-refractivity contribution in [2.75, 3.05) is 0 Å². The molecule has 0 bridgehead atoms. The van der Waals surface area contributed by atoms with Gasteiger partial charge in [-0.05, 0) is 12.1 Å². The lowest BCUT2D eigenvalue weighted by atomic mass is 10.0. The standard InChI is InChI=1S/C9H8ClF4N.ClH/c10-4-1-2-5(11)8(9(4)14)6(15)3-7(12)13;/h1-2,6-7H,3,15H2;1H/t6-;/m0./s1. The van der Waals surface area contributed by atoms with Crippen molar-refractivity contribution < 1.29 is 17.6 Å².